The molecular formula is C27H31NO2S. The van der Waals surface area contributed by atoms with E-state index in [1.807, 2.05) is 48.6 Å². The zero-order valence-electron chi connectivity index (χ0n) is 18.3. The molecule has 2 fully saturated rings. The maximum absolute atomic E-state index is 13.2. The van der Waals surface area contributed by atoms with E-state index in [4.69, 9.17) is 4.74 Å². The lowest BCUT2D eigenvalue weighted by atomic mass is 9.89. The van der Waals surface area contributed by atoms with Gasteiger partial charge in [-0.3, -0.25) is 4.79 Å². The fourth-order valence-corrected chi connectivity index (χ4v) is 6.44. The molecule has 3 heterocycles. The van der Waals surface area contributed by atoms with E-state index in [-0.39, 0.29) is 5.78 Å². The Balaban J connectivity index is 1.42. The number of nitrogens with zero attached hydrogens (tertiary/aromatic N) is 1. The molecule has 2 unspecified atom stereocenters. The van der Waals surface area contributed by atoms with Crippen LogP contribution >= 0.6 is 11.3 Å². The van der Waals surface area contributed by atoms with E-state index in [1.54, 1.807) is 0 Å². The van der Waals surface area contributed by atoms with Crippen molar-refractivity contribution in [3.05, 3.63) is 64.5 Å². The molecule has 2 aromatic carbocycles. The standard InChI is InChI=1S/C27H31NO2S/c1-2-30-23-8-5-6-20(16-23)27(29)21-10-12-26-24(17-21)25(18-31-26)19-9-11-22-7-3-4-14-28(22)15-13-19/h5-6,8,10,12,16-19,22H,2-4,7,9,11,13-15H2,1H3. The summed E-state index contributed by atoms with van der Waals surface area (Å²) in [7, 11) is 0. The molecule has 0 radical (unpaired) electrons. The lowest BCUT2D eigenvalue weighted by Gasteiger charge is -2.33. The third-order valence-corrected chi connectivity index (χ3v) is 8.06. The predicted molar refractivity (Wildman–Crippen MR) is 129 cm³/mol. The van der Waals surface area contributed by atoms with E-state index in [0.717, 1.165) is 17.4 Å². The molecule has 3 nitrogen and oxygen atoms in total. The van der Waals surface area contributed by atoms with Gasteiger partial charge < -0.3 is 9.64 Å². The average Bonchev–Trinajstić information content (AvgIpc) is 3.11. The number of thiophene rings is 1. The number of hydrogen-bond donors (Lipinski definition) is 0. The third-order valence-electron chi connectivity index (χ3n) is 7.07. The van der Waals surface area contributed by atoms with Crippen LogP contribution in [0, 0.1) is 0 Å². The second kappa shape index (κ2) is 9.13. The number of carbonyl (C=O) groups is 1. The van der Waals surface area contributed by atoms with E-state index >= 15 is 0 Å². The van der Waals surface area contributed by atoms with Crippen LogP contribution in [0.3, 0.4) is 0 Å². The molecule has 3 aromatic rings. The molecule has 0 N–H and O–H groups in total. The molecule has 2 aliphatic heterocycles. The van der Waals surface area contributed by atoms with Crippen molar-refractivity contribution in [1.29, 1.82) is 0 Å². The van der Waals surface area contributed by atoms with Gasteiger partial charge in [-0.15, -0.1) is 11.3 Å². The average molecular weight is 434 g/mol. The van der Waals surface area contributed by atoms with Crippen LogP contribution in [-0.2, 0) is 0 Å². The Bertz CT molecular complexity index is 1060. The predicted octanol–water partition coefficient (Wildman–Crippen LogP) is 6.65. The summed E-state index contributed by atoms with van der Waals surface area (Å²) in [6.07, 6.45) is 7.93. The number of piperidine rings is 1. The minimum atomic E-state index is 0.0681. The molecule has 162 valence electrons. The summed E-state index contributed by atoms with van der Waals surface area (Å²) in [5.74, 6) is 1.42. The summed E-state index contributed by atoms with van der Waals surface area (Å²) in [6.45, 7) is 5.05. The molecule has 0 spiro atoms. The third kappa shape index (κ3) is 4.28. The topological polar surface area (TPSA) is 29.5 Å². The highest BCUT2D eigenvalue weighted by Gasteiger charge is 2.28. The Morgan fingerprint density at radius 1 is 1.03 bits per heavy atom. The number of benzene rings is 2. The fraction of sp³-hybridized carbons (Fsp3) is 0.444. The Morgan fingerprint density at radius 2 is 1.94 bits per heavy atom. The SMILES string of the molecule is CCOc1cccc(C(=O)c2ccc3scc(C4CCC5CCCCN5CC4)c3c2)c1. The molecule has 4 heteroatoms. The quantitative estimate of drug-likeness (QED) is 0.422. The van der Waals surface area contributed by atoms with Crippen LogP contribution in [-0.4, -0.2) is 36.4 Å². The van der Waals surface area contributed by atoms with E-state index < -0.39 is 0 Å². The van der Waals surface area contributed by atoms with Crippen LogP contribution in [0.25, 0.3) is 10.1 Å². The monoisotopic (exact) mass is 433 g/mol. The van der Waals surface area contributed by atoms with Crippen molar-refractivity contribution in [3.8, 4) is 5.75 Å². The molecule has 31 heavy (non-hydrogen) atoms. The van der Waals surface area contributed by atoms with Gasteiger partial charge in [0.15, 0.2) is 5.78 Å². The number of ether oxygens (including phenoxy) is 1. The largest absolute Gasteiger partial charge is 0.494 e. The molecule has 0 bridgehead atoms. The number of rotatable bonds is 5. The summed E-state index contributed by atoms with van der Waals surface area (Å²) in [5.41, 5.74) is 2.91. The van der Waals surface area contributed by atoms with Crippen LogP contribution in [0.15, 0.2) is 47.8 Å². The first-order valence-electron chi connectivity index (χ1n) is 11.8. The van der Waals surface area contributed by atoms with Gasteiger partial charge in [0.25, 0.3) is 0 Å². The minimum absolute atomic E-state index is 0.0681. The summed E-state index contributed by atoms with van der Waals surface area (Å²) in [6, 6.07) is 14.6. The highest BCUT2D eigenvalue weighted by molar-refractivity contribution is 7.17. The molecule has 0 aliphatic carbocycles. The van der Waals surface area contributed by atoms with Crippen molar-refractivity contribution in [3.63, 3.8) is 0 Å². The Morgan fingerprint density at radius 3 is 2.84 bits per heavy atom. The van der Waals surface area contributed by atoms with Crippen LogP contribution in [0.4, 0.5) is 0 Å². The van der Waals surface area contributed by atoms with Gasteiger partial charge in [-0.25, -0.2) is 0 Å². The van der Waals surface area contributed by atoms with Crippen LogP contribution in [0.2, 0.25) is 0 Å². The van der Waals surface area contributed by atoms with Crippen LogP contribution in [0.1, 0.15) is 72.9 Å². The van der Waals surface area contributed by atoms with Crippen molar-refractivity contribution in [2.75, 3.05) is 19.7 Å². The molecule has 2 aliphatic rings. The number of hydrogen-bond acceptors (Lipinski definition) is 4. The molecule has 2 atom stereocenters. The first kappa shape index (κ1) is 20.7. The van der Waals surface area contributed by atoms with Gasteiger partial charge in [0, 0.05) is 21.9 Å². The van der Waals surface area contributed by atoms with Crippen molar-refractivity contribution in [2.24, 2.45) is 0 Å². The minimum Gasteiger partial charge on any atom is -0.494 e. The summed E-state index contributed by atoms with van der Waals surface area (Å²) in [4.78, 5) is 16.0. The van der Waals surface area contributed by atoms with Gasteiger partial charge in [0.05, 0.1) is 6.61 Å². The Labute approximate surface area is 189 Å². The summed E-state index contributed by atoms with van der Waals surface area (Å²) >= 11 is 1.82. The maximum atomic E-state index is 13.2. The molecule has 2 saturated heterocycles. The van der Waals surface area contributed by atoms with Gasteiger partial charge in [0.1, 0.15) is 5.75 Å². The summed E-state index contributed by atoms with van der Waals surface area (Å²) < 4.78 is 6.87. The maximum Gasteiger partial charge on any atom is 0.193 e. The van der Waals surface area contributed by atoms with Crippen LogP contribution < -0.4 is 4.74 Å². The van der Waals surface area contributed by atoms with Crippen LogP contribution in [0.5, 0.6) is 5.75 Å². The molecule has 0 amide bonds. The Hall–Kier alpha value is -2.17. The first-order valence-corrected chi connectivity index (χ1v) is 12.6. The number of carbonyl (C=O) groups excluding carboxylic acids is 1. The van der Waals surface area contributed by atoms with E-state index in [2.05, 4.69) is 22.4 Å². The highest BCUT2D eigenvalue weighted by Crippen LogP contribution is 2.39. The molecule has 5 rings (SSSR count). The molecule has 1 aromatic heterocycles. The zero-order valence-corrected chi connectivity index (χ0v) is 19.1. The van der Waals surface area contributed by atoms with Crippen molar-refractivity contribution >= 4 is 27.2 Å². The second-order valence-corrected chi connectivity index (χ2v) is 9.85. The van der Waals surface area contributed by atoms with Crippen molar-refractivity contribution < 1.29 is 9.53 Å². The lowest BCUT2D eigenvalue weighted by molar-refractivity contribution is 0.103. The van der Waals surface area contributed by atoms with Gasteiger partial charge in [-0.05, 0) is 105 Å². The van der Waals surface area contributed by atoms with E-state index in [1.165, 1.54) is 67.3 Å². The number of fused-ring (bicyclic) bond motifs is 2. The second-order valence-electron chi connectivity index (χ2n) is 8.94. The normalized spacial score (nSPS) is 22.1. The van der Waals surface area contributed by atoms with Crippen molar-refractivity contribution in [2.45, 2.75) is 57.4 Å². The van der Waals surface area contributed by atoms with E-state index in [9.17, 15) is 4.79 Å². The number of ketones is 1. The van der Waals surface area contributed by atoms with Gasteiger partial charge in [-0.1, -0.05) is 18.6 Å². The Kier molecular flexibility index (Phi) is 6.10. The fourth-order valence-electron chi connectivity index (χ4n) is 5.42. The van der Waals surface area contributed by atoms with Gasteiger partial charge >= 0.3 is 0 Å². The van der Waals surface area contributed by atoms with Gasteiger partial charge in [0.2, 0.25) is 0 Å². The summed E-state index contributed by atoms with van der Waals surface area (Å²) in [5, 5.41) is 3.63. The van der Waals surface area contributed by atoms with Gasteiger partial charge in [-0.2, -0.15) is 0 Å². The van der Waals surface area contributed by atoms with E-state index in [0.29, 0.717) is 18.1 Å². The lowest BCUT2D eigenvalue weighted by Crippen LogP contribution is -2.38. The van der Waals surface area contributed by atoms with Crippen molar-refractivity contribution in [1.82, 2.24) is 4.90 Å². The smallest absolute Gasteiger partial charge is 0.193 e. The molecule has 0 saturated carbocycles. The molecular weight excluding hydrogens is 402 g/mol. The zero-order chi connectivity index (χ0) is 21.2. The highest BCUT2D eigenvalue weighted by atomic mass is 32.1. The first-order chi connectivity index (χ1) is 15.2.